The van der Waals surface area contributed by atoms with E-state index in [0.717, 1.165) is 36.0 Å². The zero-order valence-electron chi connectivity index (χ0n) is 14.9. The number of aryl methyl sites for hydroxylation is 1. The second-order valence-electron chi connectivity index (χ2n) is 6.42. The monoisotopic (exact) mass is 370 g/mol. The summed E-state index contributed by atoms with van der Waals surface area (Å²) in [5.74, 6) is 0.585. The Morgan fingerprint density at radius 1 is 1.23 bits per heavy atom. The molecule has 0 saturated carbocycles. The number of benzene rings is 1. The molecule has 3 rings (SSSR count). The molecule has 1 fully saturated rings. The van der Waals surface area contributed by atoms with Crippen molar-refractivity contribution in [2.24, 2.45) is 0 Å². The number of rotatable bonds is 5. The van der Waals surface area contributed by atoms with Gasteiger partial charge in [0, 0.05) is 29.9 Å². The molecule has 2 heterocycles. The number of aromatic nitrogens is 2. The van der Waals surface area contributed by atoms with Crippen LogP contribution in [0.5, 0.6) is 0 Å². The summed E-state index contributed by atoms with van der Waals surface area (Å²) in [5.41, 5.74) is 2.54. The lowest BCUT2D eigenvalue weighted by atomic mass is 10.1. The molecule has 1 N–H and O–H groups in total. The third-order valence-electron chi connectivity index (χ3n) is 4.30. The van der Waals surface area contributed by atoms with Crippen molar-refractivity contribution >= 4 is 29.5 Å². The maximum absolute atomic E-state index is 12.1. The smallest absolute Gasteiger partial charge is 0.244 e. The molecule has 5 nitrogen and oxygen atoms in total. The predicted octanol–water partition coefficient (Wildman–Crippen LogP) is 3.76. The average Bonchev–Trinajstić information content (AvgIpc) is 2.66. The highest BCUT2D eigenvalue weighted by Crippen LogP contribution is 2.17. The molecule has 1 aromatic carbocycles. The van der Waals surface area contributed by atoms with Crippen LogP contribution in [0.1, 0.15) is 36.2 Å². The molecule has 6 heteroatoms. The quantitative estimate of drug-likeness (QED) is 0.814. The molecule has 0 unspecified atom stereocenters. The Balaban J connectivity index is 1.61. The minimum absolute atomic E-state index is 0.180. The molecule has 1 aliphatic heterocycles. The summed E-state index contributed by atoms with van der Waals surface area (Å²) in [4.78, 5) is 23.5. The summed E-state index contributed by atoms with van der Waals surface area (Å²) in [6.07, 6.45) is 6.82. The van der Waals surface area contributed by atoms with Crippen molar-refractivity contribution < 1.29 is 4.79 Å². The van der Waals surface area contributed by atoms with E-state index in [4.69, 9.17) is 11.6 Å². The van der Waals surface area contributed by atoms with Gasteiger partial charge in [-0.2, -0.15) is 0 Å². The fourth-order valence-corrected chi connectivity index (χ4v) is 3.15. The van der Waals surface area contributed by atoms with E-state index in [1.807, 2.05) is 31.2 Å². The molecule has 136 valence electrons. The number of hydrogen-bond acceptors (Lipinski definition) is 4. The van der Waals surface area contributed by atoms with Crippen molar-refractivity contribution in [1.82, 2.24) is 15.3 Å². The molecule has 1 amide bonds. The lowest BCUT2D eigenvalue weighted by Crippen LogP contribution is -2.31. The van der Waals surface area contributed by atoms with Crippen molar-refractivity contribution in [3.8, 4) is 0 Å². The number of halogens is 1. The first-order valence-electron chi connectivity index (χ1n) is 8.92. The highest BCUT2D eigenvalue weighted by molar-refractivity contribution is 6.32. The lowest BCUT2D eigenvalue weighted by Gasteiger charge is -2.27. The highest BCUT2D eigenvalue weighted by Gasteiger charge is 2.14. The van der Waals surface area contributed by atoms with Crippen molar-refractivity contribution in [2.45, 2.75) is 32.7 Å². The zero-order valence-corrected chi connectivity index (χ0v) is 15.7. The molecule has 0 spiro atoms. The van der Waals surface area contributed by atoms with Crippen LogP contribution < -0.4 is 10.2 Å². The number of amides is 1. The number of piperidine rings is 1. The van der Waals surface area contributed by atoms with Crippen LogP contribution in [0.4, 0.5) is 5.95 Å². The number of carbonyl (C=O) groups is 1. The Hall–Kier alpha value is -2.40. The minimum atomic E-state index is -0.180. The topological polar surface area (TPSA) is 58.1 Å². The fraction of sp³-hybridized carbons (Fsp3) is 0.350. The summed E-state index contributed by atoms with van der Waals surface area (Å²) < 4.78 is 0. The van der Waals surface area contributed by atoms with Gasteiger partial charge in [-0.25, -0.2) is 9.97 Å². The van der Waals surface area contributed by atoms with Gasteiger partial charge >= 0.3 is 0 Å². The molecule has 1 saturated heterocycles. The normalized spacial score (nSPS) is 14.6. The SMILES string of the molecule is Cc1cc(CNC(=O)/C=C/c2ccccc2Cl)nc(N2CCCCC2)n1. The number of anilines is 1. The molecular weight excluding hydrogens is 348 g/mol. The lowest BCUT2D eigenvalue weighted by molar-refractivity contribution is -0.116. The van der Waals surface area contributed by atoms with Crippen LogP contribution in [0.3, 0.4) is 0 Å². The zero-order chi connectivity index (χ0) is 18.4. The van der Waals surface area contributed by atoms with Crippen molar-refractivity contribution in [3.05, 3.63) is 58.4 Å². The second kappa shape index (κ2) is 8.81. The number of nitrogens with zero attached hydrogens (tertiary/aromatic N) is 3. The molecule has 1 aromatic heterocycles. The Kier molecular flexibility index (Phi) is 6.23. The Bertz CT molecular complexity index is 800. The first kappa shape index (κ1) is 18.4. The van der Waals surface area contributed by atoms with Crippen molar-refractivity contribution in [3.63, 3.8) is 0 Å². The van der Waals surface area contributed by atoms with Crippen LogP contribution in [-0.2, 0) is 11.3 Å². The van der Waals surface area contributed by atoms with E-state index in [-0.39, 0.29) is 5.91 Å². The van der Waals surface area contributed by atoms with Crippen LogP contribution in [0, 0.1) is 6.92 Å². The van der Waals surface area contributed by atoms with E-state index in [2.05, 4.69) is 20.2 Å². The maximum atomic E-state index is 12.1. The molecule has 26 heavy (non-hydrogen) atoms. The van der Waals surface area contributed by atoms with Gasteiger partial charge in [0.25, 0.3) is 0 Å². The van der Waals surface area contributed by atoms with E-state index >= 15 is 0 Å². The van der Waals surface area contributed by atoms with Gasteiger partial charge < -0.3 is 10.2 Å². The largest absolute Gasteiger partial charge is 0.347 e. The third-order valence-corrected chi connectivity index (χ3v) is 4.64. The molecule has 2 aromatic rings. The third kappa shape index (κ3) is 5.05. The van der Waals surface area contributed by atoms with E-state index in [9.17, 15) is 4.79 Å². The van der Waals surface area contributed by atoms with Gasteiger partial charge in [0.2, 0.25) is 11.9 Å². The van der Waals surface area contributed by atoms with Gasteiger partial charge in [0.1, 0.15) is 0 Å². The Morgan fingerprint density at radius 3 is 2.77 bits per heavy atom. The van der Waals surface area contributed by atoms with Gasteiger partial charge in [0.05, 0.1) is 12.2 Å². The second-order valence-corrected chi connectivity index (χ2v) is 6.83. The van der Waals surface area contributed by atoms with Crippen LogP contribution in [0.2, 0.25) is 5.02 Å². The molecule has 0 atom stereocenters. The van der Waals surface area contributed by atoms with Crippen molar-refractivity contribution in [2.75, 3.05) is 18.0 Å². The number of hydrogen-bond donors (Lipinski definition) is 1. The van der Waals surface area contributed by atoms with Gasteiger partial charge in [-0.1, -0.05) is 29.8 Å². The minimum Gasteiger partial charge on any atom is -0.347 e. The van der Waals surface area contributed by atoms with Gasteiger partial charge in [-0.15, -0.1) is 0 Å². The molecular formula is C20H23ClN4O. The maximum Gasteiger partial charge on any atom is 0.244 e. The van der Waals surface area contributed by atoms with E-state index in [1.54, 1.807) is 12.1 Å². The number of carbonyl (C=O) groups excluding carboxylic acids is 1. The van der Waals surface area contributed by atoms with E-state index in [1.165, 1.54) is 25.3 Å². The number of nitrogens with one attached hydrogen (secondary N) is 1. The molecule has 0 bridgehead atoms. The van der Waals surface area contributed by atoms with Crippen molar-refractivity contribution in [1.29, 1.82) is 0 Å². The van der Waals surface area contributed by atoms with Crippen LogP contribution >= 0.6 is 11.6 Å². The molecule has 1 aliphatic rings. The summed E-state index contributed by atoms with van der Waals surface area (Å²) in [5, 5.41) is 3.49. The highest BCUT2D eigenvalue weighted by atomic mass is 35.5. The van der Waals surface area contributed by atoms with Crippen LogP contribution in [0.15, 0.2) is 36.4 Å². The van der Waals surface area contributed by atoms with Gasteiger partial charge in [-0.3, -0.25) is 4.79 Å². The Morgan fingerprint density at radius 2 is 2.00 bits per heavy atom. The standard InChI is InChI=1S/C20H23ClN4O/c1-15-13-17(24-20(23-15)25-11-5-2-6-12-25)14-22-19(26)10-9-16-7-3-4-8-18(16)21/h3-4,7-10,13H,2,5-6,11-12,14H2,1H3,(H,22,26)/b10-9+. The average molecular weight is 371 g/mol. The van der Waals surface area contributed by atoms with Crippen LogP contribution in [-0.4, -0.2) is 29.0 Å². The predicted molar refractivity (Wildman–Crippen MR) is 105 cm³/mol. The summed E-state index contributed by atoms with van der Waals surface area (Å²) >= 11 is 6.08. The Labute approximate surface area is 159 Å². The first-order valence-corrected chi connectivity index (χ1v) is 9.29. The first-order chi connectivity index (χ1) is 12.6. The van der Waals surface area contributed by atoms with Gasteiger partial charge in [-0.05, 0) is 50.0 Å². The summed E-state index contributed by atoms with van der Waals surface area (Å²) in [7, 11) is 0. The van der Waals surface area contributed by atoms with Gasteiger partial charge in [0.15, 0.2) is 0 Å². The summed E-state index contributed by atoms with van der Waals surface area (Å²) in [6.45, 7) is 4.32. The summed E-state index contributed by atoms with van der Waals surface area (Å²) in [6, 6.07) is 9.31. The van der Waals surface area contributed by atoms with E-state index in [0.29, 0.717) is 11.6 Å². The fourth-order valence-electron chi connectivity index (χ4n) is 2.96. The molecule has 0 aliphatic carbocycles. The van der Waals surface area contributed by atoms with Crippen LogP contribution in [0.25, 0.3) is 6.08 Å². The molecule has 0 radical (unpaired) electrons. The van der Waals surface area contributed by atoms with E-state index < -0.39 is 0 Å².